The van der Waals surface area contributed by atoms with E-state index >= 15 is 0 Å². The Kier molecular flexibility index (Phi) is 7.22. The molecule has 0 aliphatic carbocycles. The van der Waals surface area contributed by atoms with E-state index in [0.717, 1.165) is 11.3 Å². The SMILES string of the molecule is Cc1ccc(NC(=O)CN(C)CCC(=O)Nc2cccc([N+](=O)[O-])c2C)cc1. The van der Waals surface area contributed by atoms with Crippen LogP contribution in [-0.2, 0) is 9.59 Å². The van der Waals surface area contributed by atoms with Crippen molar-refractivity contribution < 1.29 is 14.5 Å². The van der Waals surface area contributed by atoms with Crippen molar-refractivity contribution in [3.63, 3.8) is 0 Å². The van der Waals surface area contributed by atoms with Crippen LogP contribution in [0.25, 0.3) is 0 Å². The lowest BCUT2D eigenvalue weighted by Crippen LogP contribution is -2.32. The van der Waals surface area contributed by atoms with E-state index in [1.807, 2.05) is 31.2 Å². The molecule has 0 aliphatic rings. The third-order valence-corrected chi connectivity index (χ3v) is 4.25. The lowest BCUT2D eigenvalue weighted by atomic mass is 10.1. The average molecular weight is 384 g/mol. The number of hydrogen-bond donors (Lipinski definition) is 2. The van der Waals surface area contributed by atoms with Crippen LogP contribution in [0.3, 0.4) is 0 Å². The fourth-order valence-corrected chi connectivity index (χ4v) is 2.62. The van der Waals surface area contributed by atoms with Gasteiger partial charge in [0.15, 0.2) is 0 Å². The van der Waals surface area contributed by atoms with Crippen LogP contribution in [0.2, 0.25) is 0 Å². The molecule has 0 radical (unpaired) electrons. The van der Waals surface area contributed by atoms with Gasteiger partial charge in [-0.1, -0.05) is 23.8 Å². The zero-order valence-electron chi connectivity index (χ0n) is 16.2. The van der Waals surface area contributed by atoms with Crippen molar-refractivity contribution in [3.05, 3.63) is 63.7 Å². The van der Waals surface area contributed by atoms with E-state index in [1.165, 1.54) is 12.1 Å². The van der Waals surface area contributed by atoms with Crippen LogP contribution in [0.15, 0.2) is 42.5 Å². The van der Waals surface area contributed by atoms with E-state index in [2.05, 4.69) is 10.6 Å². The molecule has 0 bridgehead atoms. The number of nitro groups is 1. The van der Waals surface area contributed by atoms with Crippen molar-refractivity contribution in [2.24, 2.45) is 0 Å². The molecule has 2 aromatic rings. The molecule has 0 spiro atoms. The molecule has 148 valence electrons. The third-order valence-electron chi connectivity index (χ3n) is 4.25. The Hall–Kier alpha value is -3.26. The second-order valence-electron chi connectivity index (χ2n) is 6.66. The Morgan fingerprint density at radius 3 is 2.36 bits per heavy atom. The summed E-state index contributed by atoms with van der Waals surface area (Å²) in [7, 11) is 1.75. The number of nitro benzene ring substituents is 1. The molecule has 0 saturated heterocycles. The summed E-state index contributed by atoms with van der Waals surface area (Å²) in [6, 6.07) is 12.1. The normalized spacial score (nSPS) is 10.6. The minimum atomic E-state index is -0.481. The summed E-state index contributed by atoms with van der Waals surface area (Å²) in [5.41, 5.74) is 2.62. The van der Waals surface area contributed by atoms with Crippen LogP contribution in [0, 0.1) is 24.0 Å². The van der Waals surface area contributed by atoms with Crippen LogP contribution in [0.4, 0.5) is 17.1 Å². The van der Waals surface area contributed by atoms with Crippen LogP contribution < -0.4 is 10.6 Å². The lowest BCUT2D eigenvalue weighted by molar-refractivity contribution is -0.385. The first kappa shape index (κ1) is 21.0. The zero-order chi connectivity index (χ0) is 20.7. The highest BCUT2D eigenvalue weighted by atomic mass is 16.6. The number of amides is 2. The minimum absolute atomic E-state index is 0.0392. The maximum absolute atomic E-state index is 12.2. The molecule has 0 aromatic heterocycles. The van der Waals surface area contributed by atoms with Gasteiger partial charge >= 0.3 is 0 Å². The van der Waals surface area contributed by atoms with Crippen LogP contribution >= 0.6 is 0 Å². The number of benzene rings is 2. The van der Waals surface area contributed by atoms with Crippen molar-refractivity contribution in [1.29, 1.82) is 0 Å². The summed E-state index contributed by atoms with van der Waals surface area (Å²) in [6.07, 6.45) is 0.163. The van der Waals surface area contributed by atoms with Gasteiger partial charge in [-0.2, -0.15) is 0 Å². The maximum Gasteiger partial charge on any atom is 0.274 e. The predicted molar refractivity (Wildman–Crippen MR) is 108 cm³/mol. The molecule has 28 heavy (non-hydrogen) atoms. The van der Waals surface area contributed by atoms with Gasteiger partial charge in [0.1, 0.15) is 0 Å². The van der Waals surface area contributed by atoms with E-state index in [9.17, 15) is 19.7 Å². The Morgan fingerprint density at radius 2 is 1.71 bits per heavy atom. The molecule has 0 saturated carbocycles. The van der Waals surface area contributed by atoms with Crippen molar-refractivity contribution in [1.82, 2.24) is 4.90 Å². The molecule has 0 heterocycles. The highest BCUT2D eigenvalue weighted by Gasteiger charge is 2.15. The molecule has 2 N–H and O–H groups in total. The minimum Gasteiger partial charge on any atom is -0.326 e. The number of carbonyl (C=O) groups is 2. The fourth-order valence-electron chi connectivity index (χ4n) is 2.62. The highest BCUT2D eigenvalue weighted by Crippen LogP contribution is 2.25. The van der Waals surface area contributed by atoms with Crippen molar-refractivity contribution in [3.8, 4) is 0 Å². The largest absolute Gasteiger partial charge is 0.326 e. The first-order valence-corrected chi connectivity index (χ1v) is 8.85. The summed E-state index contributed by atoms with van der Waals surface area (Å²) in [5, 5.41) is 16.5. The Bertz CT molecular complexity index is 865. The van der Waals surface area contributed by atoms with Gasteiger partial charge in [-0.05, 0) is 39.1 Å². The van der Waals surface area contributed by atoms with E-state index in [4.69, 9.17) is 0 Å². The molecule has 8 nitrogen and oxygen atoms in total. The monoisotopic (exact) mass is 384 g/mol. The Labute approximate surface area is 163 Å². The molecule has 8 heteroatoms. The van der Waals surface area contributed by atoms with E-state index in [1.54, 1.807) is 24.9 Å². The first-order chi connectivity index (χ1) is 13.3. The molecule has 2 aromatic carbocycles. The highest BCUT2D eigenvalue weighted by molar-refractivity contribution is 5.93. The molecule has 0 unspecified atom stereocenters. The van der Waals surface area contributed by atoms with Gasteiger partial charge in [0, 0.05) is 24.7 Å². The molecule has 2 rings (SSSR count). The second-order valence-corrected chi connectivity index (χ2v) is 6.66. The molecule has 2 amide bonds. The van der Waals surface area contributed by atoms with Crippen molar-refractivity contribution >= 4 is 28.9 Å². The quantitative estimate of drug-likeness (QED) is 0.537. The zero-order valence-corrected chi connectivity index (χ0v) is 16.2. The number of rotatable bonds is 8. The van der Waals surface area contributed by atoms with Gasteiger partial charge in [0.2, 0.25) is 11.8 Å². The van der Waals surface area contributed by atoms with Crippen LogP contribution in [-0.4, -0.2) is 41.8 Å². The summed E-state index contributed by atoms with van der Waals surface area (Å²) in [4.78, 5) is 36.5. The Balaban J connectivity index is 1.80. The van der Waals surface area contributed by atoms with Crippen molar-refractivity contribution in [2.75, 3.05) is 30.8 Å². The summed E-state index contributed by atoms with van der Waals surface area (Å²) < 4.78 is 0. The fraction of sp³-hybridized carbons (Fsp3) is 0.300. The summed E-state index contributed by atoms with van der Waals surface area (Å²) >= 11 is 0. The molecular formula is C20H24N4O4. The summed E-state index contributed by atoms with van der Waals surface area (Å²) in [6.45, 7) is 4.09. The van der Waals surface area contributed by atoms with Crippen LogP contribution in [0.1, 0.15) is 17.5 Å². The van der Waals surface area contributed by atoms with E-state index in [0.29, 0.717) is 17.8 Å². The third kappa shape index (κ3) is 6.17. The van der Waals surface area contributed by atoms with E-state index in [-0.39, 0.29) is 30.5 Å². The van der Waals surface area contributed by atoms with Gasteiger partial charge in [-0.25, -0.2) is 0 Å². The van der Waals surface area contributed by atoms with E-state index < -0.39 is 4.92 Å². The first-order valence-electron chi connectivity index (χ1n) is 8.85. The predicted octanol–water partition coefficient (Wildman–Crippen LogP) is 3.11. The van der Waals surface area contributed by atoms with Crippen molar-refractivity contribution in [2.45, 2.75) is 20.3 Å². The maximum atomic E-state index is 12.2. The van der Waals surface area contributed by atoms with Gasteiger partial charge in [0.05, 0.1) is 22.7 Å². The molecule has 0 fully saturated rings. The number of nitrogens with zero attached hydrogens (tertiary/aromatic N) is 2. The number of likely N-dealkylation sites (N-methyl/N-ethyl adjacent to an activating group) is 1. The van der Waals surface area contributed by atoms with Gasteiger partial charge in [-0.15, -0.1) is 0 Å². The van der Waals surface area contributed by atoms with Gasteiger partial charge in [0.25, 0.3) is 5.69 Å². The topological polar surface area (TPSA) is 105 Å². The smallest absolute Gasteiger partial charge is 0.274 e. The average Bonchev–Trinajstić information content (AvgIpc) is 2.63. The Morgan fingerprint density at radius 1 is 1.04 bits per heavy atom. The number of aryl methyl sites for hydroxylation is 1. The summed E-state index contributed by atoms with van der Waals surface area (Å²) in [5.74, 6) is -0.435. The molecular weight excluding hydrogens is 360 g/mol. The second kappa shape index (κ2) is 9.61. The lowest BCUT2D eigenvalue weighted by Gasteiger charge is -2.16. The van der Waals surface area contributed by atoms with Crippen LogP contribution in [0.5, 0.6) is 0 Å². The molecule has 0 aliphatic heterocycles. The van der Waals surface area contributed by atoms with Gasteiger partial charge in [-0.3, -0.25) is 24.6 Å². The number of anilines is 2. The van der Waals surface area contributed by atoms with Gasteiger partial charge < -0.3 is 10.6 Å². The number of carbonyl (C=O) groups excluding carboxylic acids is 2. The standard InChI is InChI=1S/C20H24N4O4/c1-14-7-9-16(10-8-14)21-20(26)13-23(3)12-11-19(25)22-17-5-4-6-18(15(17)2)24(27)28/h4-10H,11-13H2,1-3H3,(H,21,26)(H,22,25). The number of hydrogen-bond acceptors (Lipinski definition) is 5. The molecule has 0 atom stereocenters. The number of nitrogens with one attached hydrogen (secondary N) is 2.